The van der Waals surface area contributed by atoms with Crippen LogP contribution in [0.15, 0.2) is 64.4 Å². The molecule has 35 heavy (non-hydrogen) atoms. The van der Waals surface area contributed by atoms with Crippen LogP contribution >= 0.6 is 11.8 Å². The molecule has 10 heteroatoms. The van der Waals surface area contributed by atoms with Crippen molar-refractivity contribution in [2.75, 3.05) is 11.6 Å². The summed E-state index contributed by atoms with van der Waals surface area (Å²) in [6, 6.07) is 14.0. The van der Waals surface area contributed by atoms with Gasteiger partial charge < -0.3 is 10.0 Å². The highest BCUT2D eigenvalue weighted by Crippen LogP contribution is 2.50. The van der Waals surface area contributed by atoms with Gasteiger partial charge in [-0.25, -0.2) is 4.39 Å². The van der Waals surface area contributed by atoms with Crippen molar-refractivity contribution >= 4 is 33.4 Å². The number of thioether (sulfide) groups is 1. The average molecular weight is 487 g/mol. The molecule has 1 N–H and O–H groups in total. The number of hydrogen-bond donors (Lipinski definition) is 1. The highest BCUT2D eigenvalue weighted by Gasteiger charge is 2.46. The Morgan fingerprint density at radius 2 is 1.86 bits per heavy atom. The number of carbonyl (C=O) groups is 1. The number of carbonyl (C=O) groups excluding carboxylic acids is 1. The third-order valence-electron chi connectivity index (χ3n) is 7.34. The van der Waals surface area contributed by atoms with Crippen LogP contribution in [0.25, 0.3) is 0 Å². The first kappa shape index (κ1) is 22.3. The van der Waals surface area contributed by atoms with Crippen molar-refractivity contribution in [1.29, 1.82) is 0 Å². The molecule has 2 atom stereocenters. The van der Waals surface area contributed by atoms with Crippen LogP contribution in [0, 0.1) is 5.82 Å². The zero-order valence-corrected chi connectivity index (χ0v) is 20.4. The molecule has 1 fully saturated rings. The van der Waals surface area contributed by atoms with Crippen LogP contribution in [-0.4, -0.2) is 49.0 Å². The largest absolute Gasteiger partial charge is 0.502 e. The van der Waals surface area contributed by atoms with Crippen LogP contribution in [0.5, 0.6) is 5.75 Å². The number of amides is 1. The Bertz CT molecular complexity index is 1430. The van der Waals surface area contributed by atoms with Gasteiger partial charge in [-0.3, -0.25) is 19.3 Å². The highest BCUT2D eigenvalue weighted by atomic mass is 32.2. The molecule has 2 aromatic carbocycles. The Labute approximate surface area is 208 Å². The fraction of sp³-hybridized carbons (Fsp3) is 0.280. The molecule has 0 aliphatic carbocycles. The zero-order chi connectivity index (χ0) is 24.5. The number of halogens is 1. The second kappa shape index (κ2) is 7.95. The Balaban J connectivity index is 1.69. The second-order valence-corrected chi connectivity index (χ2v) is 11.5. The summed E-state index contributed by atoms with van der Waals surface area (Å²) in [6.45, 7) is 0.549. The maximum Gasteiger partial charge on any atom is 0.278 e. The number of aromatic hydroxyl groups is 1. The molecule has 6 nitrogen and oxygen atoms in total. The molecule has 3 aliphatic rings. The van der Waals surface area contributed by atoms with Gasteiger partial charge in [0.05, 0.1) is 6.04 Å². The molecule has 0 unspecified atom stereocenters. The van der Waals surface area contributed by atoms with Gasteiger partial charge in [0, 0.05) is 23.7 Å². The fourth-order valence-corrected chi connectivity index (χ4v) is 7.06. The third-order valence-corrected chi connectivity index (χ3v) is 8.67. The van der Waals surface area contributed by atoms with E-state index in [1.54, 1.807) is 33.6 Å². The zero-order valence-electron chi connectivity index (χ0n) is 19.6. The average Bonchev–Trinajstić information content (AvgIpc) is 2.93. The Kier molecular flexibility index (Phi) is 5.07. The van der Waals surface area contributed by atoms with Crippen molar-refractivity contribution in [3.8, 4) is 5.75 Å². The number of rotatable bonds is 1. The minimum absolute atomic E-state index is 0.0204. The van der Waals surface area contributed by atoms with Gasteiger partial charge in [0.15, 0.2) is 11.4 Å². The molecule has 0 spiro atoms. The van der Waals surface area contributed by atoms with E-state index in [2.05, 4.69) is 32.8 Å². The van der Waals surface area contributed by atoms with E-state index >= 15 is 0 Å². The van der Waals surface area contributed by atoms with Gasteiger partial charge in [-0.15, -0.1) is 11.8 Å². The van der Waals surface area contributed by atoms with E-state index in [1.165, 1.54) is 12.1 Å². The van der Waals surface area contributed by atoms with E-state index in [4.69, 9.17) is 0 Å². The third kappa shape index (κ3) is 3.33. The molecule has 0 bridgehead atoms. The second-order valence-electron chi connectivity index (χ2n) is 9.86. The molecular weight excluding hydrogens is 463 g/mol. The minimum Gasteiger partial charge on any atom is -0.502 e. The first-order valence-electron chi connectivity index (χ1n) is 11.9. The summed E-state index contributed by atoms with van der Waals surface area (Å²) in [4.78, 5) is 28.7. The van der Waals surface area contributed by atoms with Gasteiger partial charge >= 0.3 is 0 Å². The van der Waals surface area contributed by atoms with Crippen LogP contribution < -0.4 is 10.4 Å². The molecule has 3 aromatic rings. The summed E-state index contributed by atoms with van der Waals surface area (Å²) in [6.07, 6.45) is 3.88. The van der Waals surface area contributed by atoms with E-state index in [0.29, 0.717) is 6.54 Å². The van der Waals surface area contributed by atoms with E-state index in [-0.39, 0.29) is 29.6 Å². The molecule has 3 aliphatic heterocycles. The van der Waals surface area contributed by atoms with Crippen LogP contribution in [0.1, 0.15) is 52.5 Å². The lowest BCUT2D eigenvalue weighted by molar-refractivity contribution is 0.0462. The molecule has 0 saturated carbocycles. The Morgan fingerprint density at radius 3 is 2.69 bits per heavy atom. The molecule has 176 valence electrons. The topological polar surface area (TPSA) is 65.8 Å². The molecule has 6 rings (SSSR count). The lowest BCUT2D eigenvalue weighted by atomic mass is 9.63. The quantitative estimate of drug-likeness (QED) is 0.532. The van der Waals surface area contributed by atoms with Crippen LogP contribution in [-0.2, 0) is 4.55 Å². The monoisotopic (exact) mass is 487 g/mol. The Morgan fingerprint density at radius 1 is 1.06 bits per heavy atom. The van der Waals surface area contributed by atoms with Gasteiger partial charge in [-0.05, 0) is 58.7 Å². The van der Waals surface area contributed by atoms with E-state index < -0.39 is 15.7 Å². The highest BCUT2D eigenvalue weighted by molar-refractivity contribution is 8.02. The fourth-order valence-electron chi connectivity index (χ4n) is 5.78. The number of hydrogen-bond acceptors (Lipinski definition) is 5. The summed E-state index contributed by atoms with van der Waals surface area (Å²) in [7, 11) is 4.19. The van der Waals surface area contributed by atoms with Gasteiger partial charge in [0.2, 0.25) is 5.43 Å². The summed E-state index contributed by atoms with van der Waals surface area (Å²) in [5.74, 6) is -1.17. The Hall–Kier alpha value is -3.13. The predicted octanol–water partition coefficient (Wildman–Crippen LogP) is 1.87. The number of nitrogens with zero attached hydrogens (tertiary/aromatic N) is 3. The van der Waals surface area contributed by atoms with Crippen molar-refractivity contribution in [2.45, 2.75) is 40.9 Å². The van der Waals surface area contributed by atoms with Gasteiger partial charge in [-0.2, -0.15) is 0 Å². The van der Waals surface area contributed by atoms with E-state index in [1.807, 2.05) is 18.2 Å². The smallest absolute Gasteiger partial charge is 0.278 e. The van der Waals surface area contributed by atoms with E-state index in [0.717, 1.165) is 40.8 Å². The van der Waals surface area contributed by atoms with Gasteiger partial charge in [0.25, 0.3) is 5.91 Å². The lowest BCUT2D eigenvalue weighted by Gasteiger charge is -2.52. The molecule has 1 amide bonds. The van der Waals surface area contributed by atoms with Crippen LogP contribution in [0.4, 0.5) is 4.39 Å². The predicted molar refractivity (Wildman–Crippen MR) is 139 cm³/mol. The number of fused-ring (bicyclic) bond motifs is 4. The summed E-state index contributed by atoms with van der Waals surface area (Å²) >= 11 is 1.69. The van der Waals surface area contributed by atoms with Crippen LogP contribution in [0.2, 0.25) is 0 Å². The maximum absolute atomic E-state index is 14.6. The van der Waals surface area contributed by atoms with Gasteiger partial charge in [0.1, 0.15) is 27.7 Å². The minimum atomic E-state index is -0.583. The number of pyridine rings is 1. The first-order valence-corrected chi connectivity index (χ1v) is 12.7. The lowest BCUT2D eigenvalue weighted by Crippen LogP contribution is -2.63. The summed E-state index contributed by atoms with van der Waals surface area (Å²) in [5.41, 5.74) is 2.26. The van der Waals surface area contributed by atoms with Crippen molar-refractivity contribution in [2.24, 2.45) is 0 Å². The van der Waals surface area contributed by atoms with E-state index in [9.17, 15) is 19.1 Å². The molecule has 0 radical (unpaired) electrons. The number of benzene rings is 2. The van der Waals surface area contributed by atoms with Crippen molar-refractivity contribution in [3.05, 3.63) is 93.2 Å². The molecule has 4 heterocycles. The van der Waals surface area contributed by atoms with Crippen molar-refractivity contribution in [3.63, 3.8) is 0 Å². The van der Waals surface area contributed by atoms with Gasteiger partial charge in [-0.1, -0.05) is 24.3 Å². The summed E-state index contributed by atoms with van der Waals surface area (Å²) in [5, 5.41) is 12.8. The molecule has 1 aromatic heterocycles. The van der Waals surface area contributed by atoms with Crippen molar-refractivity contribution < 1.29 is 14.3 Å². The van der Waals surface area contributed by atoms with Crippen molar-refractivity contribution in [1.82, 2.24) is 9.58 Å². The SMILES string of the molecule is BC1(B)Sc2ccccc2[C@@H](N2[C@@H]3CCCCN3C(=O)c3c(O)c(=O)ccn32)c2ccc(F)cc21. The maximum atomic E-state index is 14.6. The first-order chi connectivity index (χ1) is 16.8. The summed E-state index contributed by atoms with van der Waals surface area (Å²) < 4.78 is 15.8. The normalized spacial score (nSPS) is 22.5. The number of aromatic nitrogens is 1. The molecule has 1 saturated heterocycles. The van der Waals surface area contributed by atoms with Crippen LogP contribution in [0.3, 0.4) is 0 Å². The number of piperidine rings is 1. The molecular formula is C25H24B2FN3O3S. The standard InChI is InChI=1S/C25H24B2FN3O3S/c26-25(27)17-13-14(28)8-9-15(17)21(16-5-1-2-6-19(16)35-25)31-20-7-3-4-11-29(20)24(34)22-23(33)18(32)10-12-30(22)31/h1-2,5-6,8-10,12-13,20-21,33H,3-4,7,11,26-27H2/t20-,21+/m1/s1.